The molecule has 4 aliphatic rings. The summed E-state index contributed by atoms with van der Waals surface area (Å²) in [7, 11) is -3.98. The molecular formula is C35H43ClN4O5S. The summed E-state index contributed by atoms with van der Waals surface area (Å²) in [4.78, 5) is 32.4. The van der Waals surface area contributed by atoms with Gasteiger partial charge in [-0.2, -0.15) is 0 Å². The highest BCUT2D eigenvalue weighted by Crippen LogP contribution is 2.49. The molecule has 2 aliphatic carbocycles. The summed E-state index contributed by atoms with van der Waals surface area (Å²) in [5.41, 5.74) is 2.01. The number of ether oxygens (including phenoxy) is 1. The van der Waals surface area contributed by atoms with Gasteiger partial charge in [0.15, 0.2) is 0 Å². The summed E-state index contributed by atoms with van der Waals surface area (Å²) in [5, 5.41) is 2.93. The maximum atomic E-state index is 13.5. The number of nitrogens with zero attached hydrogens (tertiary/aromatic N) is 2. The zero-order valence-corrected chi connectivity index (χ0v) is 28.3. The third kappa shape index (κ3) is 5.97. The lowest BCUT2D eigenvalue weighted by atomic mass is 9.64. The number of nitrogens with one attached hydrogen (secondary N) is 2. The first-order chi connectivity index (χ1) is 21.9. The van der Waals surface area contributed by atoms with E-state index in [0.29, 0.717) is 49.7 Å². The van der Waals surface area contributed by atoms with Crippen molar-refractivity contribution in [3.63, 3.8) is 0 Å². The molecule has 2 N–H and O–H groups in total. The minimum absolute atomic E-state index is 0.0641. The van der Waals surface area contributed by atoms with Gasteiger partial charge in [0.05, 0.1) is 23.5 Å². The van der Waals surface area contributed by atoms with E-state index in [2.05, 4.69) is 31.9 Å². The molecule has 2 bridgehead atoms. The zero-order chi connectivity index (χ0) is 32.9. The minimum Gasteiger partial charge on any atom is -0.490 e. The van der Waals surface area contributed by atoms with Gasteiger partial charge in [-0.25, -0.2) is 19.7 Å². The van der Waals surface area contributed by atoms with Crippen molar-refractivity contribution in [3.05, 3.63) is 69.5 Å². The number of fused-ring (bicyclic) bond motifs is 4. The standard InChI is InChI=1S/C35H43ClN4O5S/c1-22-7-5-16-35(37-4,38-24(3)41)30-12-9-27(30)19-40-20-34(15-6-8-25-17-28(36)11-13-29(25)34)21-45-32-14-10-26(18-31(32)40)33(42)39-46(43,44)23(22)2/h10-11,13-14,17-18,22-23,27,30H,5-9,12,15-16,19-21H2,1-3H3,(H,38,41)(H,39,42)/t22-,23+,27-,30+,34-,35-/m0/s1. The van der Waals surface area contributed by atoms with Crippen LogP contribution in [0.2, 0.25) is 5.02 Å². The molecule has 2 aromatic rings. The van der Waals surface area contributed by atoms with E-state index in [1.165, 1.54) is 18.1 Å². The molecule has 11 heteroatoms. The average Bonchev–Trinajstić information content (AvgIpc) is 3.14. The Kier molecular flexibility index (Phi) is 8.79. The normalized spacial score (nSPS) is 32.3. The van der Waals surface area contributed by atoms with Crippen LogP contribution in [-0.2, 0) is 26.7 Å². The quantitative estimate of drug-likeness (QED) is 0.369. The van der Waals surface area contributed by atoms with Crippen LogP contribution >= 0.6 is 11.6 Å². The number of halogens is 1. The molecule has 2 heterocycles. The van der Waals surface area contributed by atoms with Crippen molar-refractivity contribution >= 4 is 39.1 Å². The molecule has 2 amide bonds. The minimum atomic E-state index is -3.98. The molecule has 0 aromatic heterocycles. The Hall–Kier alpha value is -3.29. The number of carbonyl (C=O) groups excluding carboxylic acids is 2. The van der Waals surface area contributed by atoms with Crippen LogP contribution in [0.15, 0.2) is 36.4 Å². The maximum Gasteiger partial charge on any atom is 0.310 e. The molecule has 1 fully saturated rings. The smallest absolute Gasteiger partial charge is 0.310 e. The first kappa shape index (κ1) is 32.6. The van der Waals surface area contributed by atoms with Crippen molar-refractivity contribution in [2.45, 2.75) is 88.5 Å². The predicted molar refractivity (Wildman–Crippen MR) is 178 cm³/mol. The number of anilines is 1. The molecule has 46 heavy (non-hydrogen) atoms. The fraction of sp³-hybridized carbons (Fsp3) is 0.571. The van der Waals surface area contributed by atoms with Gasteiger partial charge in [0.1, 0.15) is 5.75 Å². The topological polar surface area (TPSA) is 109 Å². The number of benzene rings is 2. The van der Waals surface area contributed by atoms with Crippen LogP contribution in [0.1, 0.15) is 87.2 Å². The lowest BCUT2D eigenvalue weighted by Crippen LogP contribution is -2.58. The van der Waals surface area contributed by atoms with Crippen LogP contribution in [0.25, 0.3) is 4.85 Å². The van der Waals surface area contributed by atoms with Gasteiger partial charge < -0.3 is 9.64 Å². The molecule has 2 aliphatic heterocycles. The second-order valence-electron chi connectivity index (χ2n) is 14.0. The Morgan fingerprint density at radius 2 is 1.93 bits per heavy atom. The van der Waals surface area contributed by atoms with Gasteiger partial charge in [-0.15, -0.1) is 0 Å². The molecule has 9 nitrogen and oxygen atoms in total. The number of aryl methyl sites for hydroxylation is 1. The monoisotopic (exact) mass is 666 g/mol. The summed E-state index contributed by atoms with van der Waals surface area (Å²) in [5.74, 6) is -0.474. The molecule has 2 aromatic carbocycles. The first-order valence-corrected chi connectivity index (χ1v) is 18.3. The van der Waals surface area contributed by atoms with Crippen LogP contribution in [0.4, 0.5) is 5.69 Å². The number of amides is 2. The SMILES string of the molecule is [C-]#[N+][C@]1(NC(C)=O)CCC[C@H](C)[C@@H](C)S(=O)(=O)NC(=O)c2ccc3c(c2)N(C[C@@H]2CC[C@H]21)C[C@@]1(CCCc2cc(Cl)ccc21)CO3. The number of carbonyl (C=O) groups is 2. The van der Waals surface area contributed by atoms with Gasteiger partial charge in [0.25, 0.3) is 5.91 Å². The molecule has 1 spiro atoms. The van der Waals surface area contributed by atoms with Gasteiger partial charge >= 0.3 is 5.66 Å². The number of sulfonamides is 1. The van der Waals surface area contributed by atoms with Crippen LogP contribution in [0, 0.1) is 24.3 Å². The third-order valence-electron chi connectivity index (χ3n) is 11.1. The largest absolute Gasteiger partial charge is 0.490 e. The van der Waals surface area contributed by atoms with Crippen molar-refractivity contribution in [1.82, 2.24) is 10.0 Å². The predicted octanol–water partition coefficient (Wildman–Crippen LogP) is 5.86. The van der Waals surface area contributed by atoms with E-state index >= 15 is 0 Å². The van der Waals surface area contributed by atoms with Crippen molar-refractivity contribution in [2.24, 2.45) is 17.8 Å². The number of hydrogen-bond acceptors (Lipinski definition) is 6. The van der Waals surface area contributed by atoms with Crippen LogP contribution in [-0.4, -0.2) is 50.8 Å². The lowest BCUT2D eigenvalue weighted by molar-refractivity contribution is -0.122. The first-order valence-electron chi connectivity index (χ1n) is 16.4. The Morgan fingerprint density at radius 1 is 1.13 bits per heavy atom. The van der Waals surface area contributed by atoms with Gasteiger partial charge in [-0.05, 0) is 105 Å². The van der Waals surface area contributed by atoms with E-state index in [9.17, 15) is 18.0 Å². The molecule has 0 radical (unpaired) electrons. The molecule has 0 unspecified atom stereocenters. The molecule has 246 valence electrons. The molecule has 6 atom stereocenters. The van der Waals surface area contributed by atoms with E-state index < -0.39 is 26.8 Å². The molecule has 1 saturated carbocycles. The molecular weight excluding hydrogens is 624 g/mol. The van der Waals surface area contributed by atoms with Crippen molar-refractivity contribution < 1.29 is 22.7 Å². The van der Waals surface area contributed by atoms with E-state index in [1.807, 2.05) is 13.0 Å². The van der Waals surface area contributed by atoms with Gasteiger partial charge in [-0.3, -0.25) is 19.8 Å². The maximum absolute atomic E-state index is 13.5. The summed E-state index contributed by atoms with van der Waals surface area (Å²) >= 11 is 6.42. The molecule has 6 rings (SSSR count). The van der Waals surface area contributed by atoms with Crippen LogP contribution < -0.4 is 19.7 Å². The lowest BCUT2D eigenvalue weighted by Gasteiger charge is -2.47. The van der Waals surface area contributed by atoms with Gasteiger partial charge in [0, 0.05) is 42.4 Å². The highest BCUT2D eigenvalue weighted by molar-refractivity contribution is 7.90. The fourth-order valence-electron chi connectivity index (χ4n) is 8.28. The fourth-order valence-corrected chi connectivity index (χ4v) is 9.79. The highest BCUT2D eigenvalue weighted by Gasteiger charge is 2.55. The van der Waals surface area contributed by atoms with Gasteiger partial charge in [-0.1, -0.05) is 24.6 Å². The zero-order valence-electron chi connectivity index (χ0n) is 26.8. The van der Waals surface area contributed by atoms with Crippen LogP contribution in [0.5, 0.6) is 5.75 Å². The molecule has 0 saturated heterocycles. The summed E-state index contributed by atoms with van der Waals surface area (Å²) in [6, 6.07) is 11.2. The third-order valence-corrected chi connectivity index (χ3v) is 13.3. The summed E-state index contributed by atoms with van der Waals surface area (Å²) in [6.45, 7) is 14.9. The Labute approximate surface area is 277 Å². The Balaban J connectivity index is 1.46. The van der Waals surface area contributed by atoms with E-state index in [4.69, 9.17) is 22.9 Å². The number of hydrogen-bond donors (Lipinski definition) is 2. The van der Waals surface area contributed by atoms with Crippen molar-refractivity contribution in [1.29, 1.82) is 0 Å². The number of rotatable bonds is 1. The average molecular weight is 667 g/mol. The second-order valence-corrected chi connectivity index (χ2v) is 16.5. The summed E-state index contributed by atoms with van der Waals surface area (Å²) in [6.07, 6.45) is 6.12. The van der Waals surface area contributed by atoms with Crippen LogP contribution in [0.3, 0.4) is 0 Å². The Bertz CT molecular complexity index is 1690. The highest BCUT2D eigenvalue weighted by atomic mass is 35.5. The summed E-state index contributed by atoms with van der Waals surface area (Å²) < 4.78 is 35.6. The van der Waals surface area contributed by atoms with Crippen molar-refractivity contribution in [3.8, 4) is 5.75 Å². The van der Waals surface area contributed by atoms with E-state index in [-0.39, 0.29) is 34.6 Å². The Morgan fingerprint density at radius 3 is 2.65 bits per heavy atom. The second kappa shape index (κ2) is 12.4. The van der Waals surface area contributed by atoms with E-state index in [1.54, 1.807) is 25.1 Å². The van der Waals surface area contributed by atoms with Gasteiger partial charge in [0.2, 0.25) is 15.9 Å². The van der Waals surface area contributed by atoms with E-state index in [0.717, 1.165) is 37.8 Å². The van der Waals surface area contributed by atoms with Crippen molar-refractivity contribution in [2.75, 3.05) is 24.6 Å².